The third-order valence-corrected chi connectivity index (χ3v) is 12.0. The van der Waals surface area contributed by atoms with E-state index in [2.05, 4.69) is 23.7 Å². The number of nitrogens with one attached hydrogen (secondary N) is 1. The Hall–Kier alpha value is -4.22. The molecule has 0 aromatic heterocycles. The second kappa shape index (κ2) is 12.1. The number of piperidine rings is 1. The third-order valence-electron chi connectivity index (χ3n) is 10.1. The van der Waals surface area contributed by atoms with Gasteiger partial charge in [0, 0.05) is 65.6 Å². The SMILES string of the molecule is CCNc1cc2c(cc1C)C(c1ccccc1C(=O)O)=c1cc3c(cc1O2)=[N+](C)C(C)(C)CC3CS(=O)(=O)N1CCC(C(=O)O)CC1. The molecule has 47 heavy (non-hydrogen) atoms. The van der Waals surface area contributed by atoms with Gasteiger partial charge in [0.1, 0.15) is 18.5 Å². The lowest BCUT2D eigenvalue weighted by Crippen LogP contribution is -2.52. The molecule has 3 N–H and O–H groups in total. The summed E-state index contributed by atoms with van der Waals surface area (Å²) in [5.74, 6) is -1.75. The Morgan fingerprint density at radius 1 is 1.04 bits per heavy atom. The molecule has 11 heteroatoms. The number of aryl methyl sites for hydroxylation is 1. The van der Waals surface area contributed by atoms with Gasteiger partial charge >= 0.3 is 11.9 Å². The van der Waals surface area contributed by atoms with Crippen molar-refractivity contribution in [2.45, 2.75) is 58.4 Å². The number of nitrogens with zero attached hydrogens (tertiary/aromatic N) is 2. The number of hydrogen-bond donors (Lipinski definition) is 3. The number of hydrogen-bond acceptors (Lipinski definition) is 6. The average Bonchev–Trinajstić information content (AvgIpc) is 3.02. The lowest BCUT2D eigenvalue weighted by molar-refractivity contribution is -0.142. The van der Waals surface area contributed by atoms with Crippen LogP contribution in [-0.4, -0.2) is 72.8 Å². The third kappa shape index (κ3) is 5.91. The van der Waals surface area contributed by atoms with Crippen molar-refractivity contribution in [3.63, 3.8) is 0 Å². The predicted molar refractivity (Wildman–Crippen MR) is 180 cm³/mol. The minimum Gasteiger partial charge on any atom is -0.481 e. The molecule has 1 fully saturated rings. The molecule has 3 aromatic rings. The van der Waals surface area contributed by atoms with E-state index in [0.717, 1.165) is 39.9 Å². The molecular formula is C36H42N3O7S+. The predicted octanol–water partition coefficient (Wildman–Crippen LogP) is 3.99. The minimum absolute atomic E-state index is 0.114. The summed E-state index contributed by atoms with van der Waals surface area (Å²) in [6.45, 7) is 9.31. The van der Waals surface area contributed by atoms with Crippen molar-refractivity contribution in [2.24, 2.45) is 5.92 Å². The van der Waals surface area contributed by atoms with Gasteiger partial charge in [0.25, 0.3) is 0 Å². The van der Waals surface area contributed by atoms with Gasteiger partial charge < -0.3 is 20.3 Å². The van der Waals surface area contributed by atoms with E-state index in [9.17, 15) is 28.2 Å². The van der Waals surface area contributed by atoms with Gasteiger partial charge in [-0.2, -0.15) is 0 Å². The Morgan fingerprint density at radius 3 is 2.40 bits per heavy atom. The summed E-state index contributed by atoms with van der Waals surface area (Å²) >= 11 is 0. The van der Waals surface area contributed by atoms with Crippen LogP contribution in [0.2, 0.25) is 0 Å². The van der Waals surface area contributed by atoms with Crippen LogP contribution in [0.4, 0.5) is 5.69 Å². The summed E-state index contributed by atoms with van der Waals surface area (Å²) in [4.78, 5) is 24.0. The van der Waals surface area contributed by atoms with Crippen molar-refractivity contribution in [3.8, 4) is 11.5 Å². The molecule has 0 radical (unpaired) electrons. The maximum absolute atomic E-state index is 13.9. The first-order chi connectivity index (χ1) is 22.2. The number of ether oxygens (including phenoxy) is 1. The van der Waals surface area contributed by atoms with Gasteiger partial charge in [0.15, 0.2) is 5.54 Å². The standard InChI is InChI=1S/C36H41N3O7S/c1-6-37-29-17-31-27(15-21(29)2)33(24-9-7-8-10-25(24)35(42)43)28-16-26-23(19-36(3,4)38(5)30(26)18-32(28)46-31)20-47(44,45)39-13-11-22(12-14-39)34(40)41/h7-10,15-18,22-23H,6,11-14,19-20H2,1-5H3,(H2,40,41,42,43)/p+1. The molecule has 3 aliphatic heterocycles. The van der Waals surface area contributed by atoms with Crippen LogP contribution in [0.3, 0.4) is 0 Å². The van der Waals surface area contributed by atoms with Crippen LogP contribution in [0.15, 0.2) is 48.5 Å². The molecule has 0 bridgehead atoms. The second-order valence-electron chi connectivity index (χ2n) is 13.5. The van der Waals surface area contributed by atoms with Crippen LogP contribution in [-0.2, 0) is 14.8 Å². The maximum atomic E-state index is 13.9. The van der Waals surface area contributed by atoms with Crippen LogP contribution in [0, 0.1) is 12.8 Å². The molecule has 0 saturated carbocycles. The highest BCUT2D eigenvalue weighted by molar-refractivity contribution is 7.89. The van der Waals surface area contributed by atoms with Gasteiger partial charge in [-0.1, -0.05) is 18.2 Å². The molecule has 3 aliphatic rings. The molecule has 1 atom stereocenters. The number of rotatable bonds is 8. The minimum atomic E-state index is -3.71. The molecule has 1 saturated heterocycles. The van der Waals surface area contributed by atoms with E-state index in [1.54, 1.807) is 12.1 Å². The smallest absolute Gasteiger partial charge is 0.336 e. The van der Waals surface area contributed by atoms with E-state index < -0.39 is 27.9 Å². The van der Waals surface area contributed by atoms with E-state index in [0.29, 0.717) is 41.5 Å². The lowest BCUT2D eigenvalue weighted by atomic mass is 9.81. The number of carbonyl (C=O) groups is 2. The zero-order valence-electron chi connectivity index (χ0n) is 27.5. The number of anilines is 1. The topological polar surface area (TPSA) is 136 Å². The van der Waals surface area contributed by atoms with Crippen LogP contribution in [0.25, 0.3) is 5.57 Å². The highest BCUT2D eigenvalue weighted by Gasteiger charge is 2.42. The van der Waals surface area contributed by atoms with E-state index in [1.807, 2.05) is 57.3 Å². The van der Waals surface area contributed by atoms with E-state index in [4.69, 9.17) is 4.74 Å². The second-order valence-corrected chi connectivity index (χ2v) is 15.5. The van der Waals surface area contributed by atoms with Crippen molar-refractivity contribution in [2.75, 3.05) is 37.8 Å². The van der Waals surface area contributed by atoms with Crippen LogP contribution in [0.1, 0.15) is 78.6 Å². The summed E-state index contributed by atoms with van der Waals surface area (Å²) in [6, 6.07) is 14.9. The first kappa shape index (κ1) is 32.7. The summed E-state index contributed by atoms with van der Waals surface area (Å²) in [6.07, 6.45) is 1.17. The number of aliphatic carboxylic acids is 1. The molecular weight excluding hydrogens is 618 g/mol. The first-order valence-electron chi connectivity index (χ1n) is 16.1. The summed E-state index contributed by atoms with van der Waals surface area (Å²) in [5, 5.41) is 24.6. The number of aromatic carboxylic acids is 1. The monoisotopic (exact) mass is 660 g/mol. The van der Waals surface area contributed by atoms with Crippen molar-refractivity contribution >= 4 is 33.2 Å². The number of carboxylic acid groups (broad SMARTS) is 2. The number of fused-ring (bicyclic) bond motifs is 3. The van der Waals surface area contributed by atoms with Gasteiger partial charge in [-0.05, 0) is 69.9 Å². The summed E-state index contributed by atoms with van der Waals surface area (Å²) in [7, 11) is -1.71. The Bertz CT molecular complexity index is 2030. The molecule has 3 aromatic carbocycles. The van der Waals surface area contributed by atoms with Gasteiger partial charge in [-0.3, -0.25) is 4.79 Å². The zero-order chi connectivity index (χ0) is 33.8. The molecule has 0 spiro atoms. The summed E-state index contributed by atoms with van der Waals surface area (Å²) in [5.41, 5.74) is 4.59. The molecule has 0 amide bonds. The first-order valence-corrected chi connectivity index (χ1v) is 17.7. The fourth-order valence-corrected chi connectivity index (χ4v) is 9.12. The highest BCUT2D eigenvalue weighted by Crippen LogP contribution is 2.41. The van der Waals surface area contributed by atoms with E-state index in [1.165, 1.54) is 4.31 Å². The number of benzene rings is 3. The van der Waals surface area contributed by atoms with Crippen molar-refractivity contribution in [1.29, 1.82) is 0 Å². The van der Waals surface area contributed by atoms with Crippen LogP contribution < -0.4 is 25.2 Å². The normalized spacial score (nSPS) is 19.3. The number of carboxylic acids is 2. The average molecular weight is 661 g/mol. The fraction of sp³-hybridized carbons (Fsp3) is 0.417. The van der Waals surface area contributed by atoms with Gasteiger partial charge in [0.2, 0.25) is 15.4 Å². The Morgan fingerprint density at radius 2 is 1.74 bits per heavy atom. The van der Waals surface area contributed by atoms with Crippen molar-refractivity contribution < 1.29 is 33.0 Å². The maximum Gasteiger partial charge on any atom is 0.336 e. The molecule has 3 heterocycles. The van der Waals surface area contributed by atoms with Crippen LogP contribution >= 0.6 is 0 Å². The Kier molecular flexibility index (Phi) is 8.42. The highest BCUT2D eigenvalue weighted by atomic mass is 32.2. The molecule has 10 nitrogen and oxygen atoms in total. The van der Waals surface area contributed by atoms with Gasteiger partial charge in [-0.15, -0.1) is 0 Å². The van der Waals surface area contributed by atoms with E-state index in [-0.39, 0.29) is 35.9 Å². The van der Waals surface area contributed by atoms with Gasteiger partial charge in [-0.25, -0.2) is 22.1 Å². The molecule has 248 valence electrons. The molecule has 6 rings (SSSR count). The van der Waals surface area contributed by atoms with Gasteiger partial charge in [0.05, 0.1) is 23.3 Å². The van der Waals surface area contributed by atoms with Crippen molar-refractivity contribution in [1.82, 2.24) is 8.88 Å². The Balaban J connectivity index is 1.57. The van der Waals surface area contributed by atoms with Crippen LogP contribution in [0.5, 0.6) is 11.5 Å². The fourth-order valence-electron chi connectivity index (χ4n) is 7.34. The lowest BCUT2D eigenvalue weighted by Gasteiger charge is -2.34. The Labute approximate surface area is 275 Å². The molecule has 0 aliphatic carbocycles. The number of sulfonamides is 1. The summed E-state index contributed by atoms with van der Waals surface area (Å²) < 4.78 is 38.0. The van der Waals surface area contributed by atoms with E-state index >= 15 is 0 Å². The molecule has 1 unspecified atom stereocenters. The quantitative estimate of drug-likeness (QED) is 0.242. The van der Waals surface area contributed by atoms with Crippen molar-refractivity contribution in [3.05, 3.63) is 86.9 Å². The zero-order valence-corrected chi connectivity index (χ0v) is 28.3. The largest absolute Gasteiger partial charge is 0.481 e.